The summed E-state index contributed by atoms with van der Waals surface area (Å²) in [6.07, 6.45) is 5.57. The number of ether oxygens (including phenoxy) is 2. The number of ketones is 1. The first kappa shape index (κ1) is 12.2. The Morgan fingerprint density at radius 2 is 2.00 bits per heavy atom. The second-order valence-electron chi connectivity index (χ2n) is 6.47. The summed E-state index contributed by atoms with van der Waals surface area (Å²) < 4.78 is 11.4. The molecule has 20 heavy (non-hydrogen) atoms. The van der Waals surface area contributed by atoms with E-state index in [1.165, 1.54) is 25.7 Å². The summed E-state index contributed by atoms with van der Waals surface area (Å²) >= 11 is 0. The monoisotopic (exact) mass is 272 g/mol. The molecule has 3 nitrogen and oxygen atoms in total. The van der Waals surface area contributed by atoms with Crippen molar-refractivity contribution in [3.8, 4) is 11.5 Å². The number of fused-ring (bicyclic) bond motifs is 3. The summed E-state index contributed by atoms with van der Waals surface area (Å²) in [6.45, 7) is 0.358. The maximum absolute atomic E-state index is 12.4. The highest BCUT2D eigenvalue weighted by Gasteiger charge is 2.41. The summed E-state index contributed by atoms with van der Waals surface area (Å²) in [7, 11) is 0. The van der Waals surface area contributed by atoms with Crippen LogP contribution in [0.5, 0.6) is 11.5 Å². The standard InChI is InChI=1S/C17H20O3/c18-14(9-13-8-11-5-6-12(13)7-11)17-10-19-15-3-1-2-4-16(15)20-17/h1-4,11-13,17H,5-10H2. The Bertz CT molecular complexity index is 525. The van der Waals surface area contributed by atoms with Crippen LogP contribution in [0.3, 0.4) is 0 Å². The van der Waals surface area contributed by atoms with Crippen LogP contribution < -0.4 is 9.47 Å². The third-order valence-corrected chi connectivity index (χ3v) is 5.22. The molecule has 3 aliphatic rings. The van der Waals surface area contributed by atoms with Gasteiger partial charge in [0.15, 0.2) is 23.4 Å². The van der Waals surface area contributed by atoms with E-state index in [9.17, 15) is 4.79 Å². The Balaban J connectivity index is 1.40. The minimum Gasteiger partial charge on any atom is -0.485 e. The smallest absolute Gasteiger partial charge is 0.190 e. The first-order chi connectivity index (χ1) is 9.79. The normalized spacial score (nSPS) is 34.2. The number of carbonyl (C=O) groups excluding carboxylic acids is 1. The van der Waals surface area contributed by atoms with Gasteiger partial charge >= 0.3 is 0 Å². The summed E-state index contributed by atoms with van der Waals surface area (Å²) in [6, 6.07) is 7.57. The molecule has 0 saturated heterocycles. The van der Waals surface area contributed by atoms with Gasteiger partial charge < -0.3 is 9.47 Å². The molecule has 0 N–H and O–H groups in total. The van der Waals surface area contributed by atoms with Crippen LogP contribution in [0.2, 0.25) is 0 Å². The van der Waals surface area contributed by atoms with Gasteiger partial charge in [0, 0.05) is 6.42 Å². The van der Waals surface area contributed by atoms with Crippen LogP contribution in [0.1, 0.15) is 32.1 Å². The molecule has 106 valence electrons. The van der Waals surface area contributed by atoms with Gasteiger partial charge in [0.2, 0.25) is 0 Å². The zero-order chi connectivity index (χ0) is 13.5. The largest absolute Gasteiger partial charge is 0.485 e. The third-order valence-electron chi connectivity index (χ3n) is 5.22. The SMILES string of the molecule is O=C(CC1CC2CCC1C2)C1COc2ccccc2O1. The molecule has 2 saturated carbocycles. The van der Waals surface area contributed by atoms with E-state index >= 15 is 0 Å². The molecule has 1 heterocycles. The molecular weight excluding hydrogens is 252 g/mol. The van der Waals surface area contributed by atoms with Crippen molar-refractivity contribution < 1.29 is 14.3 Å². The summed E-state index contributed by atoms with van der Waals surface area (Å²) in [5.74, 6) is 3.95. The highest BCUT2D eigenvalue weighted by Crippen LogP contribution is 2.49. The highest BCUT2D eigenvalue weighted by molar-refractivity contribution is 5.84. The van der Waals surface area contributed by atoms with E-state index in [0.717, 1.165) is 17.6 Å². The fourth-order valence-electron chi connectivity index (χ4n) is 4.19. The molecule has 0 spiro atoms. The molecule has 2 aliphatic carbocycles. The number of Topliss-reactive ketones (excluding diaryl/α,β-unsaturated/α-hetero) is 1. The number of rotatable bonds is 3. The van der Waals surface area contributed by atoms with E-state index in [2.05, 4.69) is 0 Å². The average molecular weight is 272 g/mol. The zero-order valence-corrected chi connectivity index (χ0v) is 11.6. The lowest BCUT2D eigenvalue weighted by molar-refractivity contribution is -0.129. The summed E-state index contributed by atoms with van der Waals surface area (Å²) in [5.41, 5.74) is 0. The molecule has 1 aromatic carbocycles. The van der Waals surface area contributed by atoms with Crippen molar-refractivity contribution in [2.45, 2.75) is 38.2 Å². The van der Waals surface area contributed by atoms with Crippen LogP contribution in [0.4, 0.5) is 0 Å². The predicted octanol–water partition coefficient (Wildman–Crippen LogP) is 3.22. The Hall–Kier alpha value is -1.51. The lowest BCUT2D eigenvalue weighted by Gasteiger charge is -2.27. The molecule has 4 atom stereocenters. The number of hydrogen-bond acceptors (Lipinski definition) is 3. The number of hydrogen-bond donors (Lipinski definition) is 0. The minimum absolute atomic E-state index is 0.219. The molecular formula is C17H20O3. The van der Waals surface area contributed by atoms with E-state index in [1.807, 2.05) is 24.3 Å². The molecule has 1 aliphatic heterocycles. The van der Waals surface area contributed by atoms with E-state index in [4.69, 9.17) is 9.47 Å². The van der Waals surface area contributed by atoms with Gasteiger partial charge in [-0.1, -0.05) is 18.6 Å². The molecule has 3 heteroatoms. The first-order valence-corrected chi connectivity index (χ1v) is 7.71. The molecule has 4 unspecified atom stereocenters. The van der Waals surface area contributed by atoms with Crippen molar-refractivity contribution in [3.05, 3.63) is 24.3 Å². The van der Waals surface area contributed by atoms with Gasteiger partial charge in [-0.15, -0.1) is 0 Å². The third kappa shape index (κ3) is 2.09. The van der Waals surface area contributed by atoms with Crippen molar-refractivity contribution in [1.82, 2.24) is 0 Å². The van der Waals surface area contributed by atoms with Gasteiger partial charge in [-0.05, 0) is 49.1 Å². The second-order valence-corrected chi connectivity index (χ2v) is 6.47. The van der Waals surface area contributed by atoms with Crippen LogP contribution in [0.15, 0.2) is 24.3 Å². The van der Waals surface area contributed by atoms with Gasteiger partial charge in [-0.25, -0.2) is 0 Å². The minimum atomic E-state index is -0.413. The van der Waals surface area contributed by atoms with Crippen LogP contribution in [0.25, 0.3) is 0 Å². The second kappa shape index (κ2) is 4.80. The van der Waals surface area contributed by atoms with Crippen LogP contribution in [-0.2, 0) is 4.79 Å². The zero-order valence-electron chi connectivity index (χ0n) is 11.6. The number of carbonyl (C=O) groups is 1. The molecule has 1 aromatic rings. The first-order valence-electron chi connectivity index (χ1n) is 7.71. The van der Waals surface area contributed by atoms with Crippen molar-refractivity contribution in [2.24, 2.45) is 17.8 Å². The Morgan fingerprint density at radius 3 is 2.75 bits per heavy atom. The molecule has 0 amide bonds. The molecule has 4 rings (SSSR count). The lowest BCUT2D eigenvalue weighted by Crippen LogP contribution is -2.37. The van der Waals surface area contributed by atoms with E-state index in [-0.39, 0.29) is 5.78 Å². The van der Waals surface area contributed by atoms with E-state index < -0.39 is 6.10 Å². The predicted molar refractivity (Wildman–Crippen MR) is 74.9 cm³/mol. The average Bonchev–Trinajstić information content (AvgIpc) is 3.09. The topological polar surface area (TPSA) is 35.5 Å². The van der Waals surface area contributed by atoms with Gasteiger partial charge in [0.1, 0.15) is 6.61 Å². The highest BCUT2D eigenvalue weighted by atomic mass is 16.6. The molecule has 2 fully saturated rings. The van der Waals surface area contributed by atoms with Gasteiger partial charge in [0.05, 0.1) is 0 Å². The Morgan fingerprint density at radius 1 is 1.15 bits per heavy atom. The quantitative estimate of drug-likeness (QED) is 0.847. The van der Waals surface area contributed by atoms with Gasteiger partial charge in [0.25, 0.3) is 0 Å². The summed E-state index contributed by atoms with van der Waals surface area (Å²) in [5, 5.41) is 0. The fraction of sp³-hybridized carbons (Fsp3) is 0.588. The van der Waals surface area contributed by atoms with Crippen LogP contribution in [-0.4, -0.2) is 18.5 Å². The maximum Gasteiger partial charge on any atom is 0.190 e. The molecule has 0 radical (unpaired) electrons. The molecule has 0 aromatic heterocycles. The van der Waals surface area contributed by atoms with Crippen molar-refractivity contribution in [3.63, 3.8) is 0 Å². The van der Waals surface area contributed by atoms with Crippen LogP contribution >= 0.6 is 0 Å². The van der Waals surface area contributed by atoms with Crippen LogP contribution in [0, 0.1) is 17.8 Å². The van der Waals surface area contributed by atoms with Crippen molar-refractivity contribution in [2.75, 3.05) is 6.61 Å². The Kier molecular flexibility index (Phi) is 2.94. The van der Waals surface area contributed by atoms with Gasteiger partial charge in [-0.2, -0.15) is 0 Å². The van der Waals surface area contributed by atoms with E-state index in [0.29, 0.717) is 24.7 Å². The fourth-order valence-corrected chi connectivity index (χ4v) is 4.19. The summed E-state index contributed by atoms with van der Waals surface area (Å²) in [4.78, 5) is 12.4. The van der Waals surface area contributed by atoms with Crippen molar-refractivity contribution in [1.29, 1.82) is 0 Å². The van der Waals surface area contributed by atoms with E-state index in [1.54, 1.807) is 0 Å². The lowest BCUT2D eigenvalue weighted by atomic mass is 9.84. The number of para-hydroxylation sites is 2. The Labute approximate surface area is 119 Å². The van der Waals surface area contributed by atoms with Gasteiger partial charge in [-0.3, -0.25) is 4.79 Å². The van der Waals surface area contributed by atoms with Crippen molar-refractivity contribution >= 4 is 5.78 Å². The number of benzene rings is 1. The molecule has 2 bridgehead atoms. The maximum atomic E-state index is 12.4.